The molecule has 27 heavy (non-hydrogen) atoms. The number of hydrogen-bond acceptors (Lipinski definition) is 6. The predicted molar refractivity (Wildman–Crippen MR) is 74.8 cm³/mol. The highest BCUT2D eigenvalue weighted by Crippen LogP contribution is 2.14. The summed E-state index contributed by atoms with van der Waals surface area (Å²) in [7, 11) is 0. The number of amides is 3. The molecule has 0 aromatic rings. The minimum atomic E-state index is -4.59. The average molecular weight is 410 g/mol. The number of nitrogens with zero attached hydrogens (tertiary/aromatic N) is 1. The maximum atomic E-state index is 11.5. The van der Waals surface area contributed by atoms with Crippen LogP contribution in [0.2, 0.25) is 0 Å². The maximum absolute atomic E-state index is 11.5. The van der Waals surface area contributed by atoms with E-state index in [1.807, 2.05) is 10.6 Å². The number of primary amides is 1. The van der Waals surface area contributed by atoms with Crippen LogP contribution in [0.15, 0.2) is 0 Å². The summed E-state index contributed by atoms with van der Waals surface area (Å²) in [6.07, 6.45) is -11.7. The van der Waals surface area contributed by atoms with E-state index in [-0.39, 0.29) is 0 Å². The number of halogens is 6. The third-order valence-corrected chi connectivity index (χ3v) is 2.02. The molecule has 0 aliphatic rings. The Morgan fingerprint density at radius 1 is 0.963 bits per heavy atom. The van der Waals surface area contributed by atoms with Crippen molar-refractivity contribution < 1.29 is 50.2 Å². The molecule has 0 aliphatic heterocycles. The standard InChI is InChI=1S/C6H9F3N2O3.C6H7F3N2O2/c1-3(4(10)12)11-5(13)14-2-6(7,8)9;1-4(2-10)11-5(12)13-3-6(7,8)9/h3H,2H2,1H3,(H2,10,12)(H,11,13);4H,3H2,1H3,(H,11,12)/t3-;4-/m00/s1. The summed E-state index contributed by atoms with van der Waals surface area (Å²) in [6, 6.07) is -0.348. The summed E-state index contributed by atoms with van der Waals surface area (Å²) in [5.74, 6) is -0.867. The van der Waals surface area contributed by atoms with Gasteiger partial charge in [0.15, 0.2) is 13.2 Å². The van der Waals surface area contributed by atoms with Crippen LogP contribution in [-0.2, 0) is 14.3 Å². The first-order valence-corrected chi connectivity index (χ1v) is 6.76. The topological polar surface area (TPSA) is 144 Å². The number of ether oxygens (including phenoxy) is 2. The van der Waals surface area contributed by atoms with Gasteiger partial charge in [-0.1, -0.05) is 0 Å². The Hall–Kier alpha value is -2.92. The number of hydrogen-bond donors (Lipinski definition) is 3. The van der Waals surface area contributed by atoms with E-state index in [9.17, 15) is 40.7 Å². The van der Waals surface area contributed by atoms with Gasteiger partial charge in [-0.15, -0.1) is 0 Å². The molecule has 15 heteroatoms. The van der Waals surface area contributed by atoms with Gasteiger partial charge in [-0.3, -0.25) is 4.79 Å². The van der Waals surface area contributed by atoms with E-state index >= 15 is 0 Å². The lowest BCUT2D eigenvalue weighted by molar-refractivity contribution is -0.160. The molecule has 0 heterocycles. The van der Waals surface area contributed by atoms with Gasteiger partial charge < -0.3 is 25.8 Å². The van der Waals surface area contributed by atoms with Crippen molar-refractivity contribution in [2.24, 2.45) is 5.73 Å². The van der Waals surface area contributed by atoms with Gasteiger partial charge in [-0.2, -0.15) is 31.6 Å². The minimum absolute atomic E-state index is 0.867. The SMILES string of the molecule is C[C@@H](C#N)NC(=O)OCC(F)(F)F.C[C@H](NC(=O)OCC(F)(F)F)C(N)=O. The molecule has 0 saturated heterocycles. The zero-order valence-corrected chi connectivity index (χ0v) is 13.9. The summed E-state index contributed by atoms with van der Waals surface area (Å²) in [5.41, 5.74) is 4.73. The average Bonchev–Trinajstić information content (AvgIpc) is 2.50. The first-order valence-electron chi connectivity index (χ1n) is 6.76. The largest absolute Gasteiger partial charge is 0.440 e. The third-order valence-electron chi connectivity index (χ3n) is 2.02. The fourth-order valence-corrected chi connectivity index (χ4v) is 0.835. The molecule has 0 unspecified atom stereocenters. The second-order valence-corrected chi connectivity index (χ2v) is 4.65. The molecule has 4 N–H and O–H groups in total. The zero-order valence-electron chi connectivity index (χ0n) is 13.9. The van der Waals surface area contributed by atoms with E-state index in [1.165, 1.54) is 13.8 Å². The van der Waals surface area contributed by atoms with Gasteiger partial charge >= 0.3 is 24.5 Å². The lowest BCUT2D eigenvalue weighted by atomic mass is 10.3. The smallest absolute Gasteiger partial charge is 0.422 e. The molecular weight excluding hydrogens is 394 g/mol. The Labute approximate surface area is 148 Å². The van der Waals surface area contributed by atoms with Crippen molar-refractivity contribution in [3.8, 4) is 6.07 Å². The van der Waals surface area contributed by atoms with Crippen molar-refractivity contribution >= 4 is 18.1 Å². The van der Waals surface area contributed by atoms with Crippen molar-refractivity contribution in [1.29, 1.82) is 5.26 Å². The van der Waals surface area contributed by atoms with Crippen LogP contribution in [0.4, 0.5) is 35.9 Å². The highest BCUT2D eigenvalue weighted by Gasteiger charge is 2.30. The van der Waals surface area contributed by atoms with E-state index in [1.54, 1.807) is 6.07 Å². The van der Waals surface area contributed by atoms with Gasteiger partial charge in [-0.05, 0) is 13.8 Å². The highest BCUT2D eigenvalue weighted by atomic mass is 19.4. The van der Waals surface area contributed by atoms with E-state index in [2.05, 4.69) is 9.47 Å². The van der Waals surface area contributed by atoms with Crippen molar-refractivity contribution in [1.82, 2.24) is 10.6 Å². The fraction of sp³-hybridized carbons (Fsp3) is 0.667. The first-order chi connectivity index (χ1) is 12.1. The van der Waals surface area contributed by atoms with Crippen LogP contribution in [0.3, 0.4) is 0 Å². The summed E-state index contributed by atoms with van der Waals surface area (Å²) >= 11 is 0. The van der Waals surface area contributed by atoms with Crippen LogP contribution in [-0.4, -0.2) is 55.7 Å². The number of carbonyl (C=O) groups excluding carboxylic acids is 3. The molecule has 2 atom stereocenters. The van der Waals surface area contributed by atoms with E-state index < -0.39 is 55.7 Å². The molecule has 0 aromatic heterocycles. The monoisotopic (exact) mass is 410 g/mol. The summed E-state index contributed by atoms with van der Waals surface area (Å²) in [6.45, 7) is -0.826. The lowest BCUT2D eigenvalue weighted by Gasteiger charge is -2.11. The number of nitrogens with one attached hydrogen (secondary N) is 2. The molecule has 0 aromatic carbocycles. The van der Waals surface area contributed by atoms with Gasteiger partial charge in [0.25, 0.3) is 0 Å². The van der Waals surface area contributed by atoms with E-state index in [4.69, 9.17) is 11.0 Å². The van der Waals surface area contributed by atoms with Gasteiger partial charge in [0.1, 0.15) is 12.1 Å². The predicted octanol–water partition coefficient (Wildman–Crippen LogP) is 1.34. The number of alkyl carbamates (subject to hydrolysis) is 2. The summed E-state index contributed by atoms with van der Waals surface area (Å²) < 4.78 is 76.4. The molecule has 0 bridgehead atoms. The molecule has 156 valence electrons. The van der Waals surface area contributed by atoms with Gasteiger partial charge in [-0.25, -0.2) is 9.59 Å². The number of alkyl halides is 6. The zero-order chi connectivity index (χ0) is 21.8. The second-order valence-electron chi connectivity index (χ2n) is 4.65. The molecule has 0 saturated carbocycles. The van der Waals surface area contributed by atoms with Crippen LogP contribution >= 0.6 is 0 Å². The number of nitriles is 1. The molecular formula is C12H16F6N4O5. The Morgan fingerprint density at radius 3 is 1.63 bits per heavy atom. The molecule has 0 rings (SSSR count). The van der Waals surface area contributed by atoms with Gasteiger partial charge in [0, 0.05) is 0 Å². The molecule has 9 nitrogen and oxygen atoms in total. The Morgan fingerprint density at radius 2 is 1.33 bits per heavy atom. The van der Waals surface area contributed by atoms with Crippen molar-refractivity contribution in [3.05, 3.63) is 0 Å². The molecule has 3 amide bonds. The van der Waals surface area contributed by atoms with Crippen LogP contribution in [0.1, 0.15) is 13.8 Å². The van der Waals surface area contributed by atoms with Crippen molar-refractivity contribution in [3.63, 3.8) is 0 Å². The molecule has 0 radical (unpaired) electrons. The molecule has 0 fully saturated rings. The Bertz CT molecular complexity index is 546. The Balaban J connectivity index is 0. The lowest BCUT2D eigenvalue weighted by Crippen LogP contribution is -2.43. The highest BCUT2D eigenvalue weighted by molar-refractivity contribution is 5.83. The molecule has 0 spiro atoms. The minimum Gasteiger partial charge on any atom is -0.440 e. The van der Waals surface area contributed by atoms with Crippen LogP contribution < -0.4 is 16.4 Å². The number of nitrogens with two attached hydrogens (primary N) is 1. The van der Waals surface area contributed by atoms with Crippen LogP contribution in [0.25, 0.3) is 0 Å². The van der Waals surface area contributed by atoms with Crippen molar-refractivity contribution in [2.45, 2.75) is 38.3 Å². The second kappa shape index (κ2) is 11.6. The van der Waals surface area contributed by atoms with Crippen molar-refractivity contribution in [2.75, 3.05) is 13.2 Å². The number of rotatable bonds is 5. The number of carbonyl (C=O) groups is 3. The fourth-order valence-electron chi connectivity index (χ4n) is 0.835. The Kier molecular flexibility index (Phi) is 11.4. The summed E-state index contributed by atoms with van der Waals surface area (Å²) in [4.78, 5) is 31.4. The van der Waals surface area contributed by atoms with E-state index in [0.717, 1.165) is 0 Å². The maximum Gasteiger partial charge on any atom is 0.422 e. The normalized spacial score (nSPS) is 13.0. The van der Waals surface area contributed by atoms with Gasteiger partial charge in [0.2, 0.25) is 5.91 Å². The van der Waals surface area contributed by atoms with E-state index in [0.29, 0.717) is 0 Å². The summed E-state index contributed by atoms with van der Waals surface area (Å²) in [5, 5.41) is 11.9. The van der Waals surface area contributed by atoms with Gasteiger partial charge in [0.05, 0.1) is 6.07 Å². The first kappa shape index (κ1) is 26.3. The molecule has 0 aliphatic carbocycles. The quantitative estimate of drug-likeness (QED) is 0.584. The van der Waals surface area contributed by atoms with Crippen LogP contribution in [0.5, 0.6) is 0 Å². The third kappa shape index (κ3) is 19.3. The van der Waals surface area contributed by atoms with Crippen LogP contribution in [0, 0.1) is 11.3 Å².